The molecule has 6 nitrogen and oxygen atoms in total. The molecule has 0 N–H and O–H groups in total. The summed E-state index contributed by atoms with van der Waals surface area (Å²) in [6.45, 7) is 2.07. The smallest absolute Gasteiger partial charge is 0.789 e. The van der Waals surface area contributed by atoms with Gasteiger partial charge in [-0.2, -0.15) is 8.42 Å². The van der Waals surface area contributed by atoms with Crippen LogP contribution in [0.5, 0.6) is 0 Å². The molecule has 0 amide bonds. The van der Waals surface area contributed by atoms with Gasteiger partial charge in [0.05, 0.1) is 13.6 Å². The van der Waals surface area contributed by atoms with Crippen molar-refractivity contribution in [2.24, 2.45) is 0 Å². The van der Waals surface area contributed by atoms with Crippen LogP contribution >= 0.6 is 7.82 Å². The van der Waals surface area contributed by atoms with Gasteiger partial charge in [0.1, 0.15) is 0 Å². The van der Waals surface area contributed by atoms with Gasteiger partial charge in [-0.1, -0.05) is 39.0 Å². The van der Waals surface area contributed by atoms with Gasteiger partial charge in [0.15, 0.2) is 0 Å². The van der Waals surface area contributed by atoms with E-state index in [4.69, 9.17) is 0 Å². The Balaban J connectivity index is 0. The number of rotatable bonds is 9. The molecule has 0 fully saturated rings. The van der Waals surface area contributed by atoms with Gasteiger partial charge in [0.2, 0.25) is 0 Å². The maximum absolute atomic E-state index is 10.9. The predicted molar refractivity (Wildman–Crippen MR) is 55.9 cm³/mol. The van der Waals surface area contributed by atoms with Gasteiger partial charge in [-0.25, -0.2) is 3.97 Å². The van der Waals surface area contributed by atoms with Crippen LogP contribution in [-0.2, 0) is 38.1 Å². The van der Waals surface area contributed by atoms with E-state index in [0.29, 0.717) is 12.8 Å². The van der Waals surface area contributed by atoms with Gasteiger partial charge in [0.25, 0.3) is 10.1 Å². The molecule has 0 radical (unpaired) electrons. The van der Waals surface area contributed by atoms with Crippen LogP contribution in [0.25, 0.3) is 0 Å². The maximum Gasteiger partial charge on any atom is 2.00 e. The van der Waals surface area contributed by atoms with Crippen LogP contribution in [0.1, 0.15) is 45.4 Å². The Morgan fingerprint density at radius 3 is 2.00 bits per heavy atom. The summed E-state index contributed by atoms with van der Waals surface area (Å²) >= 11 is 0. The third kappa shape index (κ3) is 14.6. The Bertz CT molecular complexity index is 325. The first-order valence-corrected chi connectivity index (χ1v) is 8.26. The second-order valence-electron chi connectivity index (χ2n) is 3.55. The summed E-state index contributed by atoms with van der Waals surface area (Å²) in [5, 5.41) is 0. The van der Waals surface area contributed by atoms with Crippen LogP contribution in [0, 0.1) is 0 Å². The van der Waals surface area contributed by atoms with Crippen LogP contribution in [0.3, 0.4) is 0 Å². The molecule has 9 heteroatoms. The fraction of sp³-hybridized carbons (Fsp3) is 1.00. The maximum atomic E-state index is 10.9. The average Bonchev–Trinajstić information content (AvgIpc) is 2.06. The third-order valence-electron chi connectivity index (χ3n) is 1.95. The predicted octanol–water partition coefficient (Wildman–Crippen LogP) is 0.520. The molecule has 0 unspecified atom stereocenters. The van der Waals surface area contributed by atoms with Crippen molar-refractivity contribution in [1.82, 2.24) is 0 Å². The van der Waals surface area contributed by atoms with Crippen LogP contribution in [0.4, 0.5) is 0 Å². The van der Waals surface area contributed by atoms with E-state index < -0.39 is 23.7 Å². The van der Waals surface area contributed by atoms with E-state index in [0.717, 1.165) is 25.7 Å². The quantitative estimate of drug-likeness (QED) is 0.345. The van der Waals surface area contributed by atoms with Crippen LogP contribution in [0.15, 0.2) is 0 Å². The monoisotopic (exact) mass is 336 g/mol. The van der Waals surface area contributed by atoms with E-state index in [1.807, 2.05) is 0 Å². The Hall–Kier alpha value is 0.683. The minimum atomic E-state index is -5.44. The third-order valence-corrected chi connectivity index (χ3v) is 4.38. The Morgan fingerprint density at radius 1 is 1.06 bits per heavy atom. The summed E-state index contributed by atoms with van der Waals surface area (Å²) in [6, 6.07) is 0. The van der Waals surface area contributed by atoms with E-state index in [-0.39, 0.29) is 19.5 Å². The molecule has 0 atom stereocenters. The fourth-order valence-corrected chi connectivity index (χ4v) is 3.20. The first-order chi connectivity index (χ1) is 7.27. The van der Waals surface area contributed by atoms with E-state index in [9.17, 15) is 22.8 Å². The van der Waals surface area contributed by atoms with Gasteiger partial charge >= 0.3 is 19.5 Å². The molecular formula is C8H17O6PSZn. The first kappa shape index (κ1) is 20.0. The zero-order valence-corrected chi connectivity index (χ0v) is 14.6. The van der Waals surface area contributed by atoms with Gasteiger partial charge in [0, 0.05) is 0 Å². The number of hydrogen-bond acceptors (Lipinski definition) is 6. The van der Waals surface area contributed by atoms with Gasteiger partial charge in [-0.15, -0.1) is 0 Å². The van der Waals surface area contributed by atoms with Crippen LogP contribution < -0.4 is 9.79 Å². The Labute approximate surface area is 115 Å². The molecule has 0 saturated carbocycles. The topological polar surface area (TPSA) is 107 Å². The summed E-state index contributed by atoms with van der Waals surface area (Å²) < 4.78 is 35.4. The molecule has 0 rings (SSSR count). The summed E-state index contributed by atoms with van der Waals surface area (Å²) in [5.74, 6) is -0.423. The molecule has 0 spiro atoms. The normalized spacial score (nSPS) is 12.2. The second-order valence-corrected chi connectivity index (χ2v) is 6.57. The molecule has 0 saturated heterocycles. The largest absolute Gasteiger partial charge is 2.00 e. The first-order valence-electron chi connectivity index (χ1n) is 5.23. The molecule has 0 aromatic carbocycles. The van der Waals surface area contributed by atoms with Crippen molar-refractivity contribution < 1.29 is 46.2 Å². The fourth-order valence-electron chi connectivity index (χ4n) is 1.24. The van der Waals surface area contributed by atoms with Crippen molar-refractivity contribution in [3.05, 3.63) is 0 Å². The molecule has 0 heterocycles. The minimum absolute atomic E-state index is 0. The van der Waals surface area contributed by atoms with Gasteiger partial charge in [-0.05, 0) is 6.42 Å². The van der Waals surface area contributed by atoms with E-state index in [1.165, 1.54) is 0 Å². The van der Waals surface area contributed by atoms with Gasteiger partial charge in [-0.3, -0.25) is 0 Å². The molecule has 0 bridgehead atoms. The zero-order valence-electron chi connectivity index (χ0n) is 9.96. The van der Waals surface area contributed by atoms with E-state index in [2.05, 4.69) is 10.9 Å². The second kappa shape index (κ2) is 9.59. The molecule has 0 aliphatic heterocycles. The summed E-state index contributed by atoms with van der Waals surface area (Å²) in [6.07, 6.45) is 5.11. The van der Waals surface area contributed by atoms with Gasteiger partial charge < -0.3 is 14.4 Å². The van der Waals surface area contributed by atoms with Crippen molar-refractivity contribution >= 4 is 17.9 Å². The van der Waals surface area contributed by atoms with Crippen molar-refractivity contribution in [2.45, 2.75) is 45.4 Å². The number of hydrogen-bond donors (Lipinski definition) is 0. The summed E-state index contributed by atoms with van der Waals surface area (Å²) in [4.78, 5) is 20.2. The van der Waals surface area contributed by atoms with Crippen molar-refractivity contribution in [3.8, 4) is 0 Å². The van der Waals surface area contributed by atoms with Crippen molar-refractivity contribution in [3.63, 3.8) is 0 Å². The standard InChI is InChI=1S/C8H19O6PS.Zn/c1-2-3-4-5-6-7-8-16(12,13)14-15(9,10)11;/h2-8H2,1H3,(H2,9,10,11);/q;+2/p-2. The summed E-state index contributed by atoms with van der Waals surface area (Å²) in [7, 11) is -9.66. The number of phosphoric acid groups is 1. The number of unbranched alkanes of at least 4 members (excludes halogenated alkanes) is 5. The average molecular weight is 338 g/mol. The van der Waals surface area contributed by atoms with E-state index in [1.54, 1.807) is 0 Å². The van der Waals surface area contributed by atoms with E-state index >= 15 is 0 Å². The van der Waals surface area contributed by atoms with Crippen LogP contribution in [-0.4, -0.2) is 14.2 Å². The SMILES string of the molecule is CCCCCCCCS(=O)(=O)OP(=O)([O-])[O-].[Zn+2]. The molecule has 17 heavy (non-hydrogen) atoms. The Morgan fingerprint density at radius 2 is 1.53 bits per heavy atom. The van der Waals surface area contributed by atoms with Crippen molar-refractivity contribution in [1.29, 1.82) is 0 Å². The molecule has 98 valence electrons. The zero-order chi connectivity index (χ0) is 12.7. The molecule has 0 aromatic heterocycles. The van der Waals surface area contributed by atoms with Crippen LogP contribution in [0.2, 0.25) is 0 Å². The molecular weight excluding hydrogens is 321 g/mol. The van der Waals surface area contributed by atoms with Crippen molar-refractivity contribution in [2.75, 3.05) is 5.75 Å². The molecule has 0 aliphatic rings. The summed E-state index contributed by atoms with van der Waals surface area (Å²) in [5.41, 5.74) is 0. The molecule has 0 aromatic rings. The molecule has 0 aliphatic carbocycles. The Kier molecular flexibility index (Phi) is 11.3. The minimum Gasteiger partial charge on any atom is -0.789 e.